The van der Waals surface area contributed by atoms with E-state index in [-0.39, 0.29) is 18.4 Å². The van der Waals surface area contributed by atoms with Gasteiger partial charge in [0, 0.05) is 25.0 Å². The fraction of sp³-hybridized carbons (Fsp3) is 0.292. The number of aromatic nitrogens is 3. The summed E-state index contributed by atoms with van der Waals surface area (Å²) in [5.41, 5.74) is 1.98. The molecule has 1 fully saturated rings. The Morgan fingerprint density at radius 2 is 1.59 bits per heavy atom. The molecular formula is C24H21F3N4O. The highest BCUT2D eigenvalue weighted by Gasteiger charge is 2.38. The molecule has 5 nitrogen and oxygen atoms in total. The Kier molecular flexibility index (Phi) is 5.07. The van der Waals surface area contributed by atoms with Gasteiger partial charge in [-0.25, -0.2) is 9.97 Å². The van der Waals surface area contributed by atoms with E-state index in [0.29, 0.717) is 42.7 Å². The Labute approximate surface area is 182 Å². The molecule has 0 atom stereocenters. The molecule has 1 amide bonds. The monoisotopic (exact) mass is 438 g/mol. The molecule has 1 aliphatic heterocycles. The molecule has 164 valence electrons. The van der Waals surface area contributed by atoms with Gasteiger partial charge in [0.05, 0.1) is 16.6 Å². The summed E-state index contributed by atoms with van der Waals surface area (Å²) in [5.74, 6) is -0.974. The molecule has 1 saturated heterocycles. The van der Waals surface area contributed by atoms with Crippen LogP contribution in [0, 0.1) is 5.92 Å². The number of benzene rings is 2. The van der Waals surface area contributed by atoms with Crippen LogP contribution in [0.25, 0.3) is 21.9 Å². The van der Waals surface area contributed by atoms with Crippen LogP contribution >= 0.6 is 0 Å². The molecule has 0 saturated carbocycles. The number of hydrogen-bond donors (Lipinski definition) is 0. The quantitative estimate of drug-likeness (QED) is 0.444. The summed E-state index contributed by atoms with van der Waals surface area (Å²) in [6.45, 7) is 1.21. The number of amides is 1. The first-order valence-corrected chi connectivity index (χ1v) is 10.6. The molecule has 0 spiro atoms. The second-order valence-corrected chi connectivity index (χ2v) is 8.16. The summed E-state index contributed by atoms with van der Waals surface area (Å²) >= 11 is 0. The van der Waals surface area contributed by atoms with Crippen LogP contribution in [0.2, 0.25) is 0 Å². The molecule has 2 aromatic carbocycles. The number of pyridine rings is 1. The number of halogens is 3. The summed E-state index contributed by atoms with van der Waals surface area (Å²) in [6.07, 6.45) is -3.26. The summed E-state index contributed by atoms with van der Waals surface area (Å²) < 4.78 is 42.0. The van der Waals surface area contributed by atoms with E-state index in [1.54, 1.807) is 35.2 Å². The summed E-state index contributed by atoms with van der Waals surface area (Å²) in [6, 6.07) is 17.9. The highest BCUT2D eigenvalue weighted by atomic mass is 19.4. The van der Waals surface area contributed by atoms with E-state index in [1.807, 2.05) is 30.3 Å². The molecule has 0 bridgehead atoms. The number of carbonyl (C=O) groups excluding carboxylic acids is 1. The fourth-order valence-electron chi connectivity index (χ4n) is 4.40. The second-order valence-electron chi connectivity index (χ2n) is 8.16. The number of piperidine rings is 1. The van der Waals surface area contributed by atoms with Crippen LogP contribution in [0.5, 0.6) is 0 Å². The van der Waals surface area contributed by atoms with Crippen molar-refractivity contribution in [1.82, 2.24) is 19.4 Å². The van der Waals surface area contributed by atoms with Crippen LogP contribution in [0.15, 0.2) is 60.7 Å². The normalized spacial score (nSPS) is 15.5. The Bertz CT molecular complexity index is 1290. The van der Waals surface area contributed by atoms with Crippen molar-refractivity contribution in [2.45, 2.75) is 25.6 Å². The van der Waals surface area contributed by atoms with E-state index in [1.165, 1.54) is 4.57 Å². The molecule has 5 rings (SSSR count). The van der Waals surface area contributed by atoms with Crippen molar-refractivity contribution in [3.05, 3.63) is 72.2 Å². The van der Waals surface area contributed by atoms with Crippen LogP contribution in [0.1, 0.15) is 29.2 Å². The zero-order valence-electron chi connectivity index (χ0n) is 17.2. The average Bonchev–Trinajstić information content (AvgIpc) is 3.18. The Morgan fingerprint density at radius 3 is 2.34 bits per heavy atom. The summed E-state index contributed by atoms with van der Waals surface area (Å²) in [5, 5.41) is 0.968. The topological polar surface area (TPSA) is 51.0 Å². The molecule has 8 heteroatoms. The number of fused-ring (bicyclic) bond motifs is 2. The van der Waals surface area contributed by atoms with Crippen LogP contribution in [0.3, 0.4) is 0 Å². The number of alkyl halides is 3. The minimum absolute atomic E-state index is 0.0299. The van der Waals surface area contributed by atoms with E-state index in [4.69, 9.17) is 0 Å². The van der Waals surface area contributed by atoms with Crippen LogP contribution < -0.4 is 0 Å². The molecule has 0 N–H and O–H groups in total. The van der Waals surface area contributed by atoms with Gasteiger partial charge in [0.25, 0.3) is 5.91 Å². The van der Waals surface area contributed by atoms with Crippen LogP contribution in [-0.2, 0) is 12.7 Å². The SMILES string of the molecule is O=C(c1ccc2ccccc2n1)N1CCC(Cn2c(C(F)(F)F)nc3ccccc32)CC1. The van der Waals surface area contributed by atoms with Crippen molar-refractivity contribution in [1.29, 1.82) is 0 Å². The van der Waals surface area contributed by atoms with Gasteiger partial charge in [-0.3, -0.25) is 4.79 Å². The van der Waals surface area contributed by atoms with E-state index in [2.05, 4.69) is 9.97 Å². The van der Waals surface area contributed by atoms with Gasteiger partial charge < -0.3 is 9.47 Å². The minimum atomic E-state index is -4.52. The fourth-order valence-corrected chi connectivity index (χ4v) is 4.40. The van der Waals surface area contributed by atoms with Gasteiger partial charge in [0.1, 0.15) is 5.69 Å². The maximum Gasteiger partial charge on any atom is 0.449 e. The maximum atomic E-state index is 13.6. The predicted octanol–water partition coefficient (Wildman–Crippen LogP) is 5.16. The van der Waals surface area contributed by atoms with Gasteiger partial charge in [-0.15, -0.1) is 0 Å². The van der Waals surface area contributed by atoms with Gasteiger partial charge in [-0.1, -0.05) is 36.4 Å². The lowest BCUT2D eigenvalue weighted by molar-refractivity contribution is -0.147. The van der Waals surface area contributed by atoms with Gasteiger partial charge in [0.2, 0.25) is 5.82 Å². The largest absolute Gasteiger partial charge is 0.449 e. The van der Waals surface area contributed by atoms with Gasteiger partial charge in [-0.2, -0.15) is 13.2 Å². The Morgan fingerprint density at radius 1 is 0.906 bits per heavy atom. The first kappa shape index (κ1) is 20.5. The Balaban J connectivity index is 1.30. The average molecular weight is 438 g/mol. The molecule has 0 radical (unpaired) electrons. The minimum Gasteiger partial charge on any atom is -0.337 e. The van der Waals surface area contributed by atoms with Crippen molar-refractivity contribution in [2.75, 3.05) is 13.1 Å². The third-order valence-corrected chi connectivity index (χ3v) is 6.07. The molecule has 0 unspecified atom stereocenters. The van der Waals surface area contributed by atoms with E-state index < -0.39 is 12.0 Å². The van der Waals surface area contributed by atoms with Crippen molar-refractivity contribution in [2.24, 2.45) is 5.92 Å². The number of rotatable bonds is 3. The third kappa shape index (κ3) is 3.81. The van der Waals surface area contributed by atoms with Crippen LogP contribution in [-0.4, -0.2) is 38.4 Å². The number of imidazole rings is 1. The smallest absolute Gasteiger partial charge is 0.337 e. The molecule has 2 aromatic heterocycles. The lowest BCUT2D eigenvalue weighted by Gasteiger charge is -2.32. The predicted molar refractivity (Wildman–Crippen MR) is 115 cm³/mol. The summed E-state index contributed by atoms with van der Waals surface area (Å²) in [7, 11) is 0. The Hall–Kier alpha value is -3.42. The molecule has 32 heavy (non-hydrogen) atoms. The molecular weight excluding hydrogens is 417 g/mol. The van der Waals surface area contributed by atoms with Gasteiger partial charge in [0.15, 0.2) is 0 Å². The van der Waals surface area contributed by atoms with Crippen LogP contribution in [0.4, 0.5) is 13.2 Å². The maximum absolute atomic E-state index is 13.6. The van der Waals surface area contributed by atoms with Crippen molar-refractivity contribution >= 4 is 27.8 Å². The zero-order chi connectivity index (χ0) is 22.3. The number of carbonyl (C=O) groups is 1. The second kappa shape index (κ2) is 7.93. The standard InChI is InChI=1S/C24H21F3N4O/c25-24(26,27)23-29-19-7-3-4-8-21(19)31(23)15-16-11-13-30(14-12-16)22(32)20-10-9-17-5-1-2-6-18(17)28-20/h1-10,16H,11-15H2. The van der Waals surface area contributed by atoms with Crippen molar-refractivity contribution < 1.29 is 18.0 Å². The first-order chi connectivity index (χ1) is 15.4. The number of nitrogens with zero attached hydrogens (tertiary/aromatic N) is 4. The molecule has 3 heterocycles. The van der Waals surface area contributed by atoms with Gasteiger partial charge in [-0.05, 0) is 43.0 Å². The van der Waals surface area contributed by atoms with Crippen molar-refractivity contribution in [3.63, 3.8) is 0 Å². The van der Waals surface area contributed by atoms with Gasteiger partial charge >= 0.3 is 6.18 Å². The highest BCUT2D eigenvalue weighted by Crippen LogP contribution is 2.33. The summed E-state index contributed by atoms with van der Waals surface area (Å²) in [4.78, 5) is 23.0. The number of para-hydroxylation sites is 3. The van der Waals surface area contributed by atoms with E-state index >= 15 is 0 Å². The van der Waals surface area contributed by atoms with E-state index in [9.17, 15) is 18.0 Å². The van der Waals surface area contributed by atoms with Crippen molar-refractivity contribution in [3.8, 4) is 0 Å². The molecule has 0 aliphatic carbocycles. The zero-order valence-corrected chi connectivity index (χ0v) is 17.2. The third-order valence-electron chi connectivity index (χ3n) is 6.07. The number of hydrogen-bond acceptors (Lipinski definition) is 3. The molecule has 4 aromatic rings. The molecule has 1 aliphatic rings. The lowest BCUT2D eigenvalue weighted by Crippen LogP contribution is -2.39. The number of likely N-dealkylation sites (tertiary alicyclic amines) is 1. The lowest BCUT2D eigenvalue weighted by atomic mass is 9.96. The first-order valence-electron chi connectivity index (χ1n) is 10.6. The van der Waals surface area contributed by atoms with E-state index in [0.717, 1.165) is 10.9 Å². The highest BCUT2D eigenvalue weighted by molar-refractivity contribution is 5.95.